The molecule has 4 nitrogen and oxygen atoms in total. The Morgan fingerprint density at radius 1 is 1.44 bits per heavy atom. The molecule has 96 valence electrons. The van der Waals surface area contributed by atoms with Crippen LogP contribution in [0, 0.1) is 6.92 Å². The summed E-state index contributed by atoms with van der Waals surface area (Å²) in [6.07, 6.45) is 2.50. The second-order valence-electron chi connectivity index (χ2n) is 5.16. The van der Waals surface area contributed by atoms with Gasteiger partial charge in [-0.15, -0.1) is 0 Å². The van der Waals surface area contributed by atoms with Crippen LogP contribution in [0.1, 0.15) is 18.7 Å². The molecule has 0 spiro atoms. The van der Waals surface area contributed by atoms with Gasteiger partial charge < -0.3 is 14.6 Å². The van der Waals surface area contributed by atoms with Crippen molar-refractivity contribution in [3.63, 3.8) is 0 Å². The summed E-state index contributed by atoms with van der Waals surface area (Å²) in [6.45, 7) is 4.19. The number of rotatable bonds is 2. The normalized spacial score (nSPS) is 21.3. The summed E-state index contributed by atoms with van der Waals surface area (Å²) in [6, 6.07) is 6.67. The molecular weight excluding hydrogens is 226 g/mol. The van der Waals surface area contributed by atoms with Crippen molar-refractivity contribution in [1.82, 2.24) is 9.88 Å². The van der Waals surface area contributed by atoms with Crippen LogP contribution in [0.4, 0.5) is 5.69 Å². The smallest absolute Gasteiger partial charge is 0.192 e. The van der Waals surface area contributed by atoms with E-state index in [1.54, 1.807) is 0 Å². The Morgan fingerprint density at radius 2 is 2.33 bits per heavy atom. The zero-order valence-corrected chi connectivity index (χ0v) is 10.9. The number of nitrogens with one attached hydrogen (secondary N) is 1. The van der Waals surface area contributed by atoms with E-state index in [1.165, 1.54) is 19.4 Å². The molecule has 0 saturated carbocycles. The van der Waals surface area contributed by atoms with Gasteiger partial charge in [0.1, 0.15) is 5.52 Å². The number of likely N-dealkylation sites (tertiary alicyclic amines) is 1. The Kier molecular flexibility index (Phi) is 2.96. The van der Waals surface area contributed by atoms with Crippen LogP contribution >= 0.6 is 0 Å². The minimum absolute atomic E-state index is 0.536. The van der Waals surface area contributed by atoms with Crippen LogP contribution in [0.25, 0.3) is 11.1 Å². The van der Waals surface area contributed by atoms with Crippen LogP contribution in [-0.4, -0.2) is 36.1 Å². The van der Waals surface area contributed by atoms with E-state index in [4.69, 9.17) is 4.42 Å². The lowest BCUT2D eigenvalue weighted by molar-refractivity contribution is 0.261. The Balaban J connectivity index is 1.77. The maximum Gasteiger partial charge on any atom is 0.192 e. The highest BCUT2D eigenvalue weighted by molar-refractivity contribution is 5.77. The summed E-state index contributed by atoms with van der Waals surface area (Å²) in [5, 5.41) is 3.59. The van der Waals surface area contributed by atoms with Gasteiger partial charge in [0.15, 0.2) is 11.5 Å². The number of hydrogen-bond acceptors (Lipinski definition) is 4. The fourth-order valence-electron chi connectivity index (χ4n) is 2.65. The first-order chi connectivity index (χ1) is 8.70. The molecule has 4 heteroatoms. The van der Waals surface area contributed by atoms with E-state index in [2.05, 4.69) is 34.4 Å². The molecule has 2 aromatic rings. The van der Waals surface area contributed by atoms with E-state index in [1.807, 2.05) is 13.0 Å². The molecule has 1 unspecified atom stereocenters. The van der Waals surface area contributed by atoms with Gasteiger partial charge >= 0.3 is 0 Å². The first kappa shape index (κ1) is 11.5. The SMILES string of the molecule is Cc1nc2cc(NC3CCCN(C)C3)ccc2o1. The summed E-state index contributed by atoms with van der Waals surface area (Å²) in [7, 11) is 2.18. The van der Waals surface area contributed by atoms with Crippen molar-refractivity contribution in [3.8, 4) is 0 Å². The lowest BCUT2D eigenvalue weighted by Crippen LogP contribution is -2.39. The average molecular weight is 245 g/mol. The number of anilines is 1. The second-order valence-corrected chi connectivity index (χ2v) is 5.16. The maximum absolute atomic E-state index is 5.48. The van der Waals surface area contributed by atoms with E-state index in [9.17, 15) is 0 Å². The van der Waals surface area contributed by atoms with Gasteiger partial charge in [-0.05, 0) is 44.6 Å². The van der Waals surface area contributed by atoms with Crippen molar-refractivity contribution in [3.05, 3.63) is 24.1 Å². The standard InChI is InChI=1S/C14H19N3O/c1-10-15-13-8-11(5-6-14(13)18-10)16-12-4-3-7-17(2)9-12/h5-6,8,12,16H,3-4,7,9H2,1-2H3. The summed E-state index contributed by atoms with van der Waals surface area (Å²) in [5.74, 6) is 0.722. The number of fused-ring (bicyclic) bond motifs is 1. The molecule has 1 aromatic carbocycles. The third kappa shape index (κ3) is 2.34. The van der Waals surface area contributed by atoms with Gasteiger partial charge in [-0.3, -0.25) is 0 Å². The zero-order valence-electron chi connectivity index (χ0n) is 10.9. The van der Waals surface area contributed by atoms with Crippen molar-refractivity contribution >= 4 is 16.8 Å². The predicted molar refractivity (Wildman–Crippen MR) is 72.9 cm³/mol. The minimum atomic E-state index is 0.536. The number of aromatic nitrogens is 1. The monoisotopic (exact) mass is 245 g/mol. The Morgan fingerprint density at radius 3 is 3.17 bits per heavy atom. The van der Waals surface area contributed by atoms with E-state index < -0.39 is 0 Å². The number of hydrogen-bond donors (Lipinski definition) is 1. The van der Waals surface area contributed by atoms with Gasteiger partial charge in [0.05, 0.1) is 0 Å². The van der Waals surface area contributed by atoms with Crippen molar-refractivity contribution in [2.24, 2.45) is 0 Å². The number of piperidine rings is 1. The molecule has 18 heavy (non-hydrogen) atoms. The van der Waals surface area contributed by atoms with Gasteiger partial charge in [-0.25, -0.2) is 4.98 Å². The Bertz CT molecular complexity index is 549. The molecule has 1 aliphatic heterocycles. The van der Waals surface area contributed by atoms with E-state index in [0.717, 1.165) is 29.2 Å². The van der Waals surface area contributed by atoms with Crippen molar-refractivity contribution in [2.45, 2.75) is 25.8 Å². The Hall–Kier alpha value is -1.55. The van der Waals surface area contributed by atoms with Crippen LogP contribution in [0.5, 0.6) is 0 Å². The highest BCUT2D eigenvalue weighted by atomic mass is 16.3. The minimum Gasteiger partial charge on any atom is -0.441 e. The molecule has 1 atom stereocenters. The number of aryl methyl sites for hydroxylation is 1. The first-order valence-corrected chi connectivity index (χ1v) is 6.53. The summed E-state index contributed by atoms with van der Waals surface area (Å²) in [4.78, 5) is 6.74. The van der Waals surface area contributed by atoms with Gasteiger partial charge in [-0.1, -0.05) is 0 Å². The first-order valence-electron chi connectivity index (χ1n) is 6.53. The van der Waals surface area contributed by atoms with Gasteiger partial charge in [0.25, 0.3) is 0 Å². The lowest BCUT2D eigenvalue weighted by atomic mass is 10.1. The van der Waals surface area contributed by atoms with Gasteiger partial charge in [-0.2, -0.15) is 0 Å². The number of benzene rings is 1. The zero-order chi connectivity index (χ0) is 12.5. The van der Waals surface area contributed by atoms with Crippen LogP contribution in [0.2, 0.25) is 0 Å². The summed E-state index contributed by atoms with van der Waals surface area (Å²) in [5.41, 5.74) is 2.93. The molecule has 2 heterocycles. The van der Waals surface area contributed by atoms with E-state index in [-0.39, 0.29) is 0 Å². The fourth-order valence-corrected chi connectivity index (χ4v) is 2.65. The number of likely N-dealkylation sites (N-methyl/N-ethyl adjacent to an activating group) is 1. The molecular formula is C14H19N3O. The number of nitrogens with zero attached hydrogens (tertiary/aromatic N) is 2. The Labute approximate surface area is 107 Å². The van der Waals surface area contributed by atoms with Crippen LogP contribution < -0.4 is 5.32 Å². The van der Waals surface area contributed by atoms with Crippen LogP contribution in [0.15, 0.2) is 22.6 Å². The third-order valence-corrected chi connectivity index (χ3v) is 3.49. The van der Waals surface area contributed by atoms with E-state index in [0.29, 0.717) is 6.04 Å². The summed E-state index contributed by atoms with van der Waals surface area (Å²) < 4.78 is 5.48. The average Bonchev–Trinajstić information content (AvgIpc) is 2.68. The molecule has 1 aromatic heterocycles. The highest BCUT2D eigenvalue weighted by Gasteiger charge is 2.16. The van der Waals surface area contributed by atoms with Crippen LogP contribution in [0.3, 0.4) is 0 Å². The molecule has 1 aliphatic rings. The maximum atomic E-state index is 5.48. The molecule has 3 rings (SSSR count). The topological polar surface area (TPSA) is 41.3 Å². The molecule has 0 radical (unpaired) electrons. The largest absolute Gasteiger partial charge is 0.441 e. The fraction of sp³-hybridized carbons (Fsp3) is 0.500. The summed E-state index contributed by atoms with van der Waals surface area (Å²) >= 11 is 0. The molecule has 1 fully saturated rings. The number of oxazole rings is 1. The quantitative estimate of drug-likeness (QED) is 0.883. The predicted octanol–water partition coefficient (Wildman–Crippen LogP) is 2.64. The lowest BCUT2D eigenvalue weighted by Gasteiger charge is -2.30. The van der Waals surface area contributed by atoms with Gasteiger partial charge in [0.2, 0.25) is 0 Å². The molecule has 0 bridgehead atoms. The molecule has 1 N–H and O–H groups in total. The molecule has 0 amide bonds. The van der Waals surface area contributed by atoms with Crippen molar-refractivity contribution < 1.29 is 4.42 Å². The van der Waals surface area contributed by atoms with Gasteiger partial charge in [0, 0.05) is 25.2 Å². The van der Waals surface area contributed by atoms with Crippen LogP contribution in [-0.2, 0) is 0 Å². The third-order valence-electron chi connectivity index (χ3n) is 3.49. The molecule has 1 saturated heterocycles. The highest BCUT2D eigenvalue weighted by Crippen LogP contribution is 2.21. The second kappa shape index (κ2) is 4.61. The van der Waals surface area contributed by atoms with Crippen molar-refractivity contribution in [2.75, 3.05) is 25.5 Å². The van der Waals surface area contributed by atoms with Crippen molar-refractivity contribution in [1.29, 1.82) is 0 Å². The molecule has 0 aliphatic carbocycles. The van der Waals surface area contributed by atoms with E-state index >= 15 is 0 Å².